The van der Waals surface area contributed by atoms with Gasteiger partial charge in [-0.15, -0.1) is 22.7 Å². The highest BCUT2D eigenvalue weighted by atomic mass is 32.1. The number of amides is 1. The molecule has 1 atom stereocenters. The second-order valence-corrected chi connectivity index (χ2v) is 6.29. The van der Waals surface area contributed by atoms with Gasteiger partial charge in [-0.05, 0) is 36.9 Å². The lowest BCUT2D eigenvalue weighted by Crippen LogP contribution is -2.36. The predicted octanol–water partition coefficient (Wildman–Crippen LogP) is 2.44. The van der Waals surface area contributed by atoms with Crippen LogP contribution in [0.3, 0.4) is 0 Å². The Morgan fingerprint density at radius 3 is 3.24 bits per heavy atom. The Morgan fingerprint density at radius 2 is 2.47 bits per heavy atom. The Kier molecular flexibility index (Phi) is 3.13. The molecule has 1 fully saturated rings. The standard InChI is InChI=1S/C12H14N2OS2/c15-12(14-7-8-2-1-4-13-8)11-6-10-9(17-11)3-5-16-10/h3,5-6,8,13H,1-2,4,7H2,(H,14,15). The highest BCUT2D eigenvalue weighted by molar-refractivity contribution is 7.27. The Morgan fingerprint density at radius 1 is 1.53 bits per heavy atom. The van der Waals surface area contributed by atoms with E-state index in [1.165, 1.54) is 22.2 Å². The maximum Gasteiger partial charge on any atom is 0.261 e. The van der Waals surface area contributed by atoms with Crippen molar-refractivity contribution in [1.82, 2.24) is 10.6 Å². The average Bonchev–Trinajstić information content (AvgIpc) is 3.01. The van der Waals surface area contributed by atoms with Gasteiger partial charge in [0.2, 0.25) is 0 Å². The van der Waals surface area contributed by atoms with Crippen LogP contribution >= 0.6 is 22.7 Å². The van der Waals surface area contributed by atoms with Crippen LogP contribution in [0.1, 0.15) is 22.5 Å². The van der Waals surface area contributed by atoms with Gasteiger partial charge in [-0.2, -0.15) is 0 Å². The molecule has 0 aliphatic carbocycles. The zero-order valence-electron chi connectivity index (χ0n) is 9.36. The summed E-state index contributed by atoms with van der Waals surface area (Å²) in [5, 5.41) is 8.44. The van der Waals surface area contributed by atoms with Crippen molar-refractivity contribution in [2.24, 2.45) is 0 Å². The summed E-state index contributed by atoms with van der Waals surface area (Å²) in [4.78, 5) is 12.8. The van der Waals surface area contributed by atoms with Crippen molar-refractivity contribution in [2.75, 3.05) is 13.1 Å². The molecule has 5 heteroatoms. The summed E-state index contributed by atoms with van der Waals surface area (Å²) in [5.41, 5.74) is 0. The van der Waals surface area contributed by atoms with E-state index in [9.17, 15) is 4.79 Å². The molecule has 3 rings (SSSR count). The van der Waals surface area contributed by atoms with E-state index < -0.39 is 0 Å². The van der Waals surface area contributed by atoms with Gasteiger partial charge in [-0.1, -0.05) is 0 Å². The minimum absolute atomic E-state index is 0.0621. The molecule has 2 aromatic rings. The third kappa shape index (κ3) is 2.36. The monoisotopic (exact) mass is 266 g/mol. The van der Waals surface area contributed by atoms with Crippen molar-refractivity contribution in [2.45, 2.75) is 18.9 Å². The minimum atomic E-state index is 0.0621. The Hall–Kier alpha value is -0.910. The number of thiophene rings is 2. The first kappa shape index (κ1) is 11.2. The van der Waals surface area contributed by atoms with Crippen LogP contribution in [-0.2, 0) is 0 Å². The third-order valence-electron chi connectivity index (χ3n) is 3.03. The van der Waals surface area contributed by atoms with Crippen molar-refractivity contribution in [1.29, 1.82) is 0 Å². The van der Waals surface area contributed by atoms with Crippen molar-refractivity contribution in [3.05, 3.63) is 22.4 Å². The minimum Gasteiger partial charge on any atom is -0.350 e. The lowest BCUT2D eigenvalue weighted by molar-refractivity contribution is 0.0954. The molecule has 1 amide bonds. The fourth-order valence-electron chi connectivity index (χ4n) is 2.11. The molecular formula is C12H14N2OS2. The molecule has 2 aromatic heterocycles. The molecule has 0 aromatic carbocycles. The molecule has 90 valence electrons. The van der Waals surface area contributed by atoms with Gasteiger partial charge in [0.15, 0.2) is 0 Å². The smallest absolute Gasteiger partial charge is 0.261 e. The lowest BCUT2D eigenvalue weighted by Gasteiger charge is -2.10. The van der Waals surface area contributed by atoms with Gasteiger partial charge in [-0.3, -0.25) is 4.79 Å². The third-order valence-corrected chi connectivity index (χ3v) is 5.13. The van der Waals surface area contributed by atoms with Crippen LogP contribution in [0.5, 0.6) is 0 Å². The summed E-state index contributed by atoms with van der Waals surface area (Å²) < 4.78 is 2.42. The first-order valence-corrected chi connectivity index (χ1v) is 7.51. The molecule has 17 heavy (non-hydrogen) atoms. The van der Waals surface area contributed by atoms with E-state index in [4.69, 9.17) is 0 Å². The fourth-order valence-corrected chi connectivity index (χ4v) is 4.14. The molecule has 1 saturated heterocycles. The number of fused-ring (bicyclic) bond motifs is 1. The molecule has 0 spiro atoms. The van der Waals surface area contributed by atoms with Crippen molar-refractivity contribution in [3.8, 4) is 0 Å². The number of nitrogens with one attached hydrogen (secondary N) is 2. The maximum absolute atomic E-state index is 11.9. The first-order valence-electron chi connectivity index (χ1n) is 5.81. The summed E-state index contributed by atoms with van der Waals surface area (Å²) in [6, 6.07) is 4.52. The number of hydrogen-bond acceptors (Lipinski definition) is 4. The summed E-state index contributed by atoms with van der Waals surface area (Å²) >= 11 is 3.26. The van der Waals surface area contributed by atoms with Crippen LogP contribution in [0.25, 0.3) is 9.40 Å². The molecule has 0 bridgehead atoms. The highest BCUT2D eigenvalue weighted by Gasteiger charge is 2.16. The number of carbonyl (C=O) groups is 1. The van der Waals surface area contributed by atoms with Gasteiger partial charge >= 0.3 is 0 Å². The highest BCUT2D eigenvalue weighted by Crippen LogP contribution is 2.29. The van der Waals surface area contributed by atoms with E-state index >= 15 is 0 Å². The molecule has 1 unspecified atom stereocenters. The van der Waals surface area contributed by atoms with Gasteiger partial charge < -0.3 is 10.6 Å². The molecule has 1 aliphatic heterocycles. The second kappa shape index (κ2) is 4.76. The van der Waals surface area contributed by atoms with Gasteiger partial charge in [-0.25, -0.2) is 0 Å². The summed E-state index contributed by atoms with van der Waals surface area (Å²) in [6.45, 7) is 1.82. The van der Waals surface area contributed by atoms with Gasteiger partial charge in [0.05, 0.1) is 4.88 Å². The largest absolute Gasteiger partial charge is 0.350 e. The Balaban J connectivity index is 1.63. The summed E-state index contributed by atoms with van der Waals surface area (Å²) in [6.07, 6.45) is 2.38. The zero-order chi connectivity index (χ0) is 11.7. The van der Waals surface area contributed by atoms with Crippen molar-refractivity contribution < 1.29 is 4.79 Å². The SMILES string of the molecule is O=C(NCC1CCCN1)c1cc2sccc2s1. The number of hydrogen-bond donors (Lipinski definition) is 2. The van der Waals surface area contributed by atoms with E-state index in [0.717, 1.165) is 18.0 Å². The van der Waals surface area contributed by atoms with E-state index in [2.05, 4.69) is 22.1 Å². The topological polar surface area (TPSA) is 41.1 Å². The van der Waals surface area contributed by atoms with Crippen LogP contribution < -0.4 is 10.6 Å². The normalized spacial score (nSPS) is 19.9. The van der Waals surface area contributed by atoms with Crippen LogP contribution in [0, 0.1) is 0 Å². The molecule has 3 heterocycles. The fraction of sp³-hybridized carbons (Fsp3) is 0.417. The quantitative estimate of drug-likeness (QED) is 0.896. The van der Waals surface area contributed by atoms with E-state index in [1.807, 2.05) is 6.07 Å². The molecule has 1 aliphatic rings. The van der Waals surface area contributed by atoms with E-state index in [0.29, 0.717) is 6.04 Å². The summed E-state index contributed by atoms with van der Waals surface area (Å²) in [5.74, 6) is 0.0621. The van der Waals surface area contributed by atoms with E-state index in [1.54, 1.807) is 22.7 Å². The van der Waals surface area contributed by atoms with Crippen LogP contribution in [-0.4, -0.2) is 25.0 Å². The summed E-state index contributed by atoms with van der Waals surface area (Å²) in [7, 11) is 0. The van der Waals surface area contributed by atoms with Crippen molar-refractivity contribution in [3.63, 3.8) is 0 Å². The predicted molar refractivity (Wildman–Crippen MR) is 73.1 cm³/mol. The Bertz CT molecular complexity index is 497. The lowest BCUT2D eigenvalue weighted by atomic mass is 10.2. The average molecular weight is 266 g/mol. The number of carbonyl (C=O) groups excluding carboxylic acids is 1. The molecule has 0 saturated carbocycles. The van der Waals surface area contributed by atoms with Crippen LogP contribution in [0.4, 0.5) is 0 Å². The van der Waals surface area contributed by atoms with Gasteiger partial charge in [0.1, 0.15) is 0 Å². The van der Waals surface area contributed by atoms with Gasteiger partial charge in [0, 0.05) is 22.0 Å². The second-order valence-electron chi connectivity index (χ2n) is 4.26. The number of rotatable bonds is 3. The van der Waals surface area contributed by atoms with Crippen LogP contribution in [0.2, 0.25) is 0 Å². The molecule has 0 radical (unpaired) electrons. The van der Waals surface area contributed by atoms with E-state index in [-0.39, 0.29) is 5.91 Å². The Labute approximate surface area is 108 Å². The molecular weight excluding hydrogens is 252 g/mol. The molecule has 3 nitrogen and oxygen atoms in total. The zero-order valence-corrected chi connectivity index (χ0v) is 11.0. The first-order chi connectivity index (χ1) is 8.33. The van der Waals surface area contributed by atoms with Gasteiger partial charge in [0.25, 0.3) is 5.91 Å². The van der Waals surface area contributed by atoms with Crippen molar-refractivity contribution >= 4 is 38.0 Å². The van der Waals surface area contributed by atoms with Crippen LogP contribution in [0.15, 0.2) is 17.5 Å². The molecule has 2 N–H and O–H groups in total. The maximum atomic E-state index is 11.9.